The summed E-state index contributed by atoms with van der Waals surface area (Å²) in [7, 11) is -4.03. The Kier molecular flexibility index (Phi) is 9.31. The average Bonchev–Trinajstić information content (AvgIpc) is 2.92. The van der Waals surface area contributed by atoms with Crippen LogP contribution in [0.1, 0.15) is 94.2 Å². The van der Waals surface area contributed by atoms with E-state index in [4.69, 9.17) is 9.47 Å². The predicted octanol–water partition coefficient (Wildman–Crippen LogP) is 10.7. The third-order valence-electron chi connectivity index (χ3n) is 9.70. The molecule has 6 heteroatoms. The lowest BCUT2D eigenvalue weighted by Crippen LogP contribution is -2.43. The van der Waals surface area contributed by atoms with Crippen LogP contribution < -0.4 is 9.47 Å². The van der Waals surface area contributed by atoms with Crippen LogP contribution in [0.4, 0.5) is 0 Å². The molecular formula is C36H48N2O2Si2. The largest absolute Gasteiger partial charge is 0.429 e. The van der Waals surface area contributed by atoms with Crippen LogP contribution in [0.15, 0.2) is 36.7 Å². The van der Waals surface area contributed by atoms with Gasteiger partial charge in [-0.15, -0.1) is 11.1 Å². The van der Waals surface area contributed by atoms with Crippen molar-refractivity contribution in [1.29, 1.82) is 0 Å². The number of hydrogen-bond acceptors (Lipinski definition) is 4. The average molecular weight is 597 g/mol. The molecule has 0 N–H and O–H groups in total. The Bertz CT molecular complexity index is 1420. The molecule has 1 aromatic heterocycles. The first kappa shape index (κ1) is 31.9. The van der Waals surface area contributed by atoms with E-state index in [-0.39, 0.29) is 0 Å². The number of fused-ring (bicyclic) bond motifs is 3. The minimum Gasteiger partial charge on any atom is -0.429 e. The molecular weight excluding hydrogens is 549 g/mol. The summed E-state index contributed by atoms with van der Waals surface area (Å²) in [6.07, 6.45) is 3.25. The fraction of sp³-hybridized carbons (Fsp3) is 0.500. The summed E-state index contributed by atoms with van der Waals surface area (Å²) in [4.78, 5) is 8.88. The molecule has 0 saturated heterocycles. The number of ether oxygens (including phenoxy) is 2. The standard InChI is InChI=1S/C36H48N2O2Si2/c1-23(2)41(24(3)4,25(5)6)21-17-31-29-15-13-14-16-30(29)32(18-22-42(26(7)8,27(9)10)28(11)12)34-33(31)39-35-36(40-34)38-20-19-37-35/h13-16,19-20,23-28H,1-12H3. The SMILES string of the molecule is CC(C)[Si](C#Cc1c2c(c(C#C[Si](C(C)C)(C(C)C)C(C)C)c3ccccc13)Oc1nccnc1O2)(C(C)C)C(C)C. The van der Waals surface area contributed by atoms with Gasteiger partial charge in [0, 0.05) is 23.2 Å². The molecule has 0 unspecified atom stereocenters. The third-order valence-corrected chi connectivity index (χ3v) is 22.3. The van der Waals surface area contributed by atoms with Gasteiger partial charge >= 0.3 is 0 Å². The second kappa shape index (κ2) is 12.3. The Balaban J connectivity index is 2.11. The highest BCUT2D eigenvalue weighted by Gasteiger charge is 2.43. The molecule has 3 aromatic rings. The Morgan fingerprint density at radius 1 is 0.524 bits per heavy atom. The minimum atomic E-state index is -2.01. The van der Waals surface area contributed by atoms with Crippen molar-refractivity contribution in [2.75, 3.05) is 0 Å². The molecule has 42 heavy (non-hydrogen) atoms. The van der Waals surface area contributed by atoms with E-state index in [0.29, 0.717) is 56.5 Å². The highest BCUT2D eigenvalue weighted by molar-refractivity contribution is 6.91. The van der Waals surface area contributed by atoms with Crippen LogP contribution in [0, 0.1) is 22.9 Å². The van der Waals surface area contributed by atoms with Gasteiger partial charge in [0.1, 0.15) is 16.1 Å². The van der Waals surface area contributed by atoms with E-state index in [0.717, 1.165) is 21.9 Å². The van der Waals surface area contributed by atoms with E-state index in [1.807, 2.05) is 0 Å². The molecule has 222 valence electrons. The highest BCUT2D eigenvalue weighted by Crippen LogP contribution is 2.50. The molecule has 0 atom stereocenters. The van der Waals surface area contributed by atoms with Crippen molar-refractivity contribution in [3.8, 4) is 46.2 Å². The lowest BCUT2D eigenvalue weighted by atomic mass is 9.97. The Morgan fingerprint density at radius 3 is 1.12 bits per heavy atom. The maximum Gasteiger partial charge on any atom is 0.284 e. The summed E-state index contributed by atoms with van der Waals surface area (Å²) < 4.78 is 13.1. The summed E-state index contributed by atoms with van der Waals surface area (Å²) in [5, 5.41) is 2.07. The molecule has 0 bridgehead atoms. The first-order chi connectivity index (χ1) is 19.8. The van der Waals surface area contributed by atoms with Crippen molar-refractivity contribution in [3.63, 3.8) is 0 Å². The van der Waals surface area contributed by atoms with E-state index in [1.165, 1.54) is 0 Å². The van der Waals surface area contributed by atoms with Crippen LogP contribution in [0.3, 0.4) is 0 Å². The maximum atomic E-state index is 6.54. The summed E-state index contributed by atoms with van der Waals surface area (Å²) in [6.45, 7) is 28.1. The van der Waals surface area contributed by atoms with Gasteiger partial charge in [0.15, 0.2) is 11.5 Å². The van der Waals surface area contributed by atoms with Crippen LogP contribution >= 0.6 is 0 Å². The van der Waals surface area contributed by atoms with Gasteiger partial charge < -0.3 is 9.47 Å². The van der Waals surface area contributed by atoms with Gasteiger partial charge in [0.05, 0.1) is 11.1 Å². The summed E-state index contributed by atoms with van der Waals surface area (Å²) in [5.41, 5.74) is 12.6. The van der Waals surface area contributed by atoms with E-state index < -0.39 is 16.1 Å². The zero-order valence-electron chi connectivity index (χ0n) is 27.6. The number of aromatic nitrogens is 2. The minimum absolute atomic E-state index is 0.359. The van der Waals surface area contributed by atoms with Gasteiger partial charge in [-0.25, -0.2) is 9.97 Å². The summed E-state index contributed by atoms with van der Waals surface area (Å²) in [5.74, 6) is 9.33. The van der Waals surface area contributed by atoms with E-state index >= 15 is 0 Å². The van der Waals surface area contributed by atoms with Crippen LogP contribution in [0.5, 0.6) is 23.3 Å². The zero-order chi connectivity index (χ0) is 31.0. The maximum absolute atomic E-state index is 6.54. The number of nitrogens with zero attached hydrogens (tertiary/aromatic N) is 2. The van der Waals surface area contributed by atoms with Gasteiger partial charge in [0.25, 0.3) is 11.8 Å². The lowest BCUT2D eigenvalue weighted by molar-refractivity contribution is 0.335. The number of benzene rings is 2. The number of hydrogen-bond donors (Lipinski definition) is 0. The molecule has 2 aromatic carbocycles. The third kappa shape index (κ3) is 5.29. The predicted molar refractivity (Wildman–Crippen MR) is 182 cm³/mol. The zero-order valence-corrected chi connectivity index (χ0v) is 29.6. The first-order valence-electron chi connectivity index (χ1n) is 15.6. The molecule has 2 heterocycles. The highest BCUT2D eigenvalue weighted by atomic mass is 28.3. The molecule has 1 aliphatic heterocycles. The van der Waals surface area contributed by atoms with Crippen molar-refractivity contribution < 1.29 is 9.47 Å². The van der Waals surface area contributed by atoms with Crippen LogP contribution in [0.25, 0.3) is 10.8 Å². The van der Waals surface area contributed by atoms with Crippen molar-refractivity contribution >= 4 is 26.9 Å². The second-order valence-corrected chi connectivity index (χ2v) is 24.8. The van der Waals surface area contributed by atoms with Gasteiger partial charge in [-0.2, -0.15) is 0 Å². The fourth-order valence-corrected chi connectivity index (χ4v) is 18.1. The molecule has 0 fully saturated rings. The van der Waals surface area contributed by atoms with Crippen LogP contribution in [-0.4, -0.2) is 26.1 Å². The molecule has 0 spiro atoms. The monoisotopic (exact) mass is 596 g/mol. The van der Waals surface area contributed by atoms with Gasteiger partial charge in [-0.1, -0.05) is 119 Å². The topological polar surface area (TPSA) is 44.2 Å². The first-order valence-corrected chi connectivity index (χ1v) is 20.1. The molecule has 4 rings (SSSR count). The molecule has 1 aliphatic rings. The molecule has 0 radical (unpaired) electrons. The smallest absolute Gasteiger partial charge is 0.284 e. The molecule has 0 aliphatic carbocycles. The van der Waals surface area contributed by atoms with Gasteiger partial charge in [0.2, 0.25) is 0 Å². The van der Waals surface area contributed by atoms with E-state index in [1.54, 1.807) is 12.4 Å². The van der Waals surface area contributed by atoms with Crippen molar-refractivity contribution in [3.05, 3.63) is 47.8 Å². The van der Waals surface area contributed by atoms with E-state index in [9.17, 15) is 0 Å². The van der Waals surface area contributed by atoms with Crippen LogP contribution in [0.2, 0.25) is 33.2 Å². The molecule has 0 saturated carbocycles. The normalized spacial score (nSPS) is 13.1. The Labute approximate surface area is 256 Å². The number of rotatable bonds is 6. The Hall–Kier alpha value is -3.07. The van der Waals surface area contributed by atoms with E-state index in [2.05, 4.69) is 140 Å². The molecule has 0 amide bonds. The lowest BCUT2D eigenvalue weighted by Gasteiger charge is -2.38. The fourth-order valence-electron chi connectivity index (χ4n) is 7.69. The summed E-state index contributed by atoms with van der Waals surface area (Å²) >= 11 is 0. The summed E-state index contributed by atoms with van der Waals surface area (Å²) in [6, 6.07) is 8.42. The van der Waals surface area contributed by atoms with Gasteiger partial charge in [-0.05, 0) is 33.2 Å². The molecule has 4 nitrogen and oxygen atoms in total. The Morgan fingerprint density at radius 2 is 0.833 bits per heavy atom. The van der Waals surface area contributed by atoms with Crippen LogP contribution in [-0.2, 0) is 0 Å². The quantitative estimate of drug-likeness (QED) is 0.164. The van der Waals surface area contributed by atoms with Crippen molar-refractivity contribution in [2.24, 2.45) is 0 Å². The van der Waals surface area contributed by atoms with Crippen molar-refractivity contribution in [2.45, 2.75) is 116 Å². The second-order valence-electron chi connectivity index (χ2n) is 13.6. The van der Waals surface area contributed by atoms with Crippen molar-refractivity contribution in [1.82, 2.24) is 9.97 Å². The van der Waals surface area contributed by atoms with Gasteiger partial charge in [-0.3, -0.25) is 0 Å².